The van der Waals surface area contributed by atoms with Crippen LogP contribution in [0.3, 0.4) is 0 Å². The molecule has 1 aromatic heterocycles. The molecule has 0 bridgehead atoms. The number of para-hydroxylation sites is 1. The Morgan fingerprint density at radius 3 is 2.53 bits per heavy atom. The molecule has 1 N–H and O–H groups in total. The van der Waals surface area contributed by atoms with Gasteiger partial charge in [0.25, 0.3) is 0 Å². The second-order valence-corrected chi connectivity index (χ2v) is 8.33. The Hall–Kier alpha value is -3.96. The molecule has 1 heterocycles. The van der Waals surface area contributed by atoms with E-state index >= 15 is 0 Å². The van der Waals surface area contributed by atoms with E-state index in [-0.39, 0.29) is 12.4 Å². The molecule has 0 aliphatic carbocycles. The normalized spacial score (nSPS) is 12.3. The second-order valence-electron chi connectivity index (χ2n) is 8.33. The summed E-state index contributed by atoms with van der Waals surface area (Å²) in [6.45, 7) is 4.29. The van der Waals surface area contributed by atoms with Crippen molar-refractivity contribution in [3.8, 4) is 0 Å². The summed E-state index contributed by atoms with van der Waals surface area (Å²) < 4.78 is 7.42. The minimum atomic E-state index is -0.981. The van der Waals surface area contributed by atoms with E-state index in [9.17, 15) is 9.59 Å². The number of aromatic nitrogens is 1. The maximum atomic E-state index is 13.3. The number of aryl methyl sites for hydroxylation is 1. The quantitative estimate of drug-likeness (QED) is 0.321. The van der Waals surface area contributed by atoms with Gasteiger partial charge >= 0.3 is 5.97 Å². The van der Waals surface area contributed by atoms with E-state index in [1.54, 1.807) is 0 Å². The first-order valence-corrected chi connectivity index (χ1v) is 11.2. The van der Waals surface area contributed by atoms with Gasteiger partial charge in [0.2, 0.25) is 5.78 Å². The Balaban J connectivity index is 1.56. The number of hydrogen-bond acceptors (Lipinski definition) is 3. The van der Waals surface area contributed by atoms with E-state index in [4.69, 9.17) is 9.84 Å². The topological polar surface area (TPSA) is 68.5 Å². The molecule has 4 aromatic rings. The molecule has 5 nitrogen and oxygen atoms in total. The van der Waals surface area contributed by atoms with Crippen molar-refractivity contribution in [3.63, 3.8) is 0 Å². The molecule has 172 valence electrons. The Labute approximate surface area is 198 Å². The van der Waals surface area contributed by atoms with Crippen molar-refractivity contribution in [1.82, 2.24) is 4.57 Å². The van der Waals surface area contributed by atoms with Crippen LogP contribution >= 0.6 is 0 Å². The van der Waals surface area contributed by atoms with Crippen LogP contribution in [0.4, 0.5) is 0 Å². The van der Waals surface area contributed by atoms with Crippen LogP contribution in [0.1, 0.15) is 39.7 Å². The molecular weight excluding hydrogens is 426 g/mol. The molecule has 0 spiro atoms. The summed E-state index contributed by atoms with van der Waals surface area (Å²) in [4.78, 5) is 24.3. The minimum absolute atomic E-state index is 0.00343. The van der Waals surface area contributed by atoms with E-state index in [1.807, 2.05) is 103 Å². The van der Waals surface area contributed by atoms with Crippen molar-refractivity contribution in [3.05, 3.63) is 113 Å². The average Bonchev–Trinajstić information content (AvgIpc) is 3.21. The van der Waals surface area contributed by atoms with Gasteiger partial charge in [-0.05, 0) is 43.2 Å². The highest BCUT2D eigenvalue weighted by Crippen LogP contribution is 2.23. The van der Waals surface area contributed by atoms with Gasteiger partial charge in [-0.2, -0.15) is 0 Å². The summed E-state index contributed by atoms with van der Waals surface area (Å²) in [7, 11) is 0. The zero-order valence-electron chi connectivity index (χ0n) is 19.3. The van der Waals surface area contributed by atoms with Crippen LogP contribution in [-0.4, -0.2) is 27.5 Å². The van der Waals surface area contributed by atoms with Crippen molar-refractivity contribution in [2.75, 3.05) is 0 Å². The molecule has 4 rings (SSSR count). The van der Waals surface area contributed by atoms with Gasteiger partial charge in [0.05, 0.1) is 12.3 Å². The number of ether oxygens (including phenoxy) is 1. The molecular formula is C29H27NO4. The first kappa shape index (κ1) is 23.2. The first-order valence-electron chi connectivity index (χ1n) is 11.2. The van der Waals surface area contributed by atoms with Crippen molar-refractivity contribution >= 4 is 28.7 Å². The molecule has 0 aliphatic rings. The maximum absolute atomic E-state index is 13.3. The van der Waals surface area contributed by atoms with Gasteiger partial charge in [-0.25, -0.2) is 4.79 Å². The van der Waals surface area contributed by atoms with E-state index in [0.29, 0.717) is 17.8 Å². The molecule has 0 unspecified atom stereocenters. The number of aliphatic carboxylic acids is 1. The molecule has 5 heteroatoms. The number of allylic oxidation sites excluding steroid dienone is 1. The average molecular weight is 454 g/mol. The van der Waals surface area contributed by atoms with Gasteiger partial charge in [-0.3, -0.25) is 4.79 Å². The highest BCUT2D eigenvalue weighted by Gasteiger charge is 2.16. The lowest BCUT2D eigenvalue weighted by atomic mass is 10.1. The predicted molar refractivity (Wildman–Crippen MR) is 134 cm³/mol. The van der Waals surface area contributed by atoms with Crippen LogP contribution in [0.5, 0.6) is 0 Å². The summed E-state index contributed by atoms with van der Waals surface area (Å²) in [6.07, 6.45) is 3.17. The maximum Gasteiger partial charge on any atom is 0.332 e. The van der Waals surface area contributed by atoms with E-state index < -0.39 is 12.1 Å². The molecule has 0 saturated heterocycles. The Kier molecular flexibility index (Phi) is 7.04. The number of carboxylic acids is 1. The fourth-order valence-corrected chi connectivity index (χ4v) is 3.82. The van der Waals surface area contributed by atoms with Crippen molar-refractivity contribution in [1.29, 1.82) is 0 Å². The smallest absolute Gasteiger partial charge is 0.332 e. The van der Waals surface area contributed by atoms with Crippen LogP contribution in [0, 0.1) is 6.92 Å². The number of hydrogen-bond donors (Lipinski definition) is 1. The van der Waals surface area contributed by atoms with Crippen molar-refractivity contribution in [2.45, 2.75) is 33.1 Å². The third-order valence-corrected chi connectivity index (χ3v) is 5.75. The zero-order chi connectivity index (χ0) is 24.1. The van der Waals surface area contributed by atoms with Gasteiger partial charge in [0.15, 0.2) is 6.10 Å². The monoisotopic (exact) mass is 453 g/mol. The van der Waals surface area contributed by atoms with Gasteiger partial charge in [-0.1, -0.05) is 78.4 Å². The van der Waals surface area contributed by atoms with Crippen LogP contribution in [0.25, 0.3) is 17.0 Å². The molecule has 34 heavy (non-hydrogen) atoms. The van der Waals surface area contributed by atoms with Gasteiger partial charge < -0.3 is 14.4 Å². The number of carbonyl (C=O) groups is 2. The summed E-state index contributed by atoms with van der Waals surface area (Å²) >= 11 is 0. The second kappa shape index (κ2) is 10.3. The fourth-order valence-electron chi connectivity index (χ4n) is 3.82. The summed E-state index contributed by atoms with van der Waals surface area (Å²) in [5.74, 6) is -0.984. The largest absolute Gasteiger partial charge is 0.479 e. The van der Waals surface area contributed by atoms with Crippen LogP contribution in [0.2, 0.25) is 0 Å². The number of nitrogens with zero attached hydrogens (tertiary/aromatic N) is 1. The van der Waals surface area contributed by atoms with Gasteiger partial charge in [0, 0.05) is 23.0 Å². The fraction of sp³-hybridized carbons (Fsp3) is 0.172. The highest BCUT2D eigenvalue weighted by atomic mass is 16.5. The summed E-state index contributed by atoms with van der Waals surface area (Å²) in [5.41, 5.74) is 5.32. The lowest BCUT2D eigenvalue weighted by Gasteiger charge is -2.09. The SMILES string of the molecule is Cc1ccc(C(=O)c2cc3ccccc3n2CC=Cc2cccc(CO[C@@H](C)C(=O)O)c2)cc1. The van der Waals surface area contributed by atoms with Gasteiger partial charge in [0.1, 0.15) is 0 Å². The molecule has 0 amide bonds. The molecule has 0 saturated carbocycles. The van der Waals surface area contributed by atoms with Crippen molar-refractivity contribution < 1.29 is 19.4 Å². The van der Waals surface area contributed by atoms with E-state index in [0.717, 1.165) is 27.6 Å². The van der Waals surface area contributed by atoms with E-state index in [2.05, 4.69) is 0 Å². The van der Waals surface area contributed by atoms with E-state index in [1.165, 1.54) is 6.92 Å². The Morgan fingerprint density at radius 1 is 1.00 bits per heavy atom. The lowest BCUT2D eigenvalue weighted by molar-refractivity contribution is -0.149. The number of rotatable bonds is 9. The van der Waals surface area contributed by atoms with Crippen LogP contribution in [0.15, 0.2) is 84.9 Å². The standard InChI is InChI=1S/C29H27NO4/c1-20-12-14-24(15-13-20)28(31)27-18-25-10-3-4-11-26(25)30(27)16-6-9-22-7-5-8-23(17-22)19-34-21(2)29(32)33/h3-15,17-18,21H,16,19H2,1-2H3,(H,32,33)/t21-/m0/s1. The highest BCUT2D eigenvalue weighted by molar-refractivity contribution is 6.10. The molecule has 1 atom stereocenters. The van der Waals surface area contributed by atoms with Crippen molar-refractivity contribution in [2.24, 2.45) is 0 Å². The number of ketones is 1. The predicted octanol–water partition coefficient (Wildman–Crippen LogP) is 5.88. The lowest BCUT2D eigenvalue weighted by Crippen LogP contribution is -2.19. The number of benzene rings is 3. The zero-order valence-corrected chi connectivity index (χ0v) is 19.3. The minimum Gasteiger partial charge on any atom is -0.479 e. The first-order chi connectivity index (χ1) is 16.4. The Bertz CT molecular complexity index is 1350. The molecule has 0 aliphatic heterocycles. The third kappa shape index (κ3) is 5.33. The summed E-state index contributed by atoms with van der Waals surface area (Å²) in [6, 6.07) is 25.4. The third-order valence-electron chi connectivity index (χ3n) is 5.75. The van der Waals surface area contributed by atoms with Crippen LogP contribution in [-0.2, 0) is 22.7 Å². The number of carbonyl (C=O) groups excluding carboxylic acids is 1. The van der Waals surface area contributed by atoms with Gasteiger partial charge in [-0.15, -0.1) is 0 Å². The Morgan fingerprint density at radius 2 is 1.76 bits per heavy atom. The molecule has 0 radical (unpaired) electrons. The molecule has 0 fully saturated rings. The number of carboxylic acid groups (broad SMARTS) is 1. The van der Waals surface area contributed by atoms with Crippen LogP contribution < -0.4 is 0 Å². The molecule has 3 aromatic carbocycles. The number of fused-ring (bicyclic) bond motifs is 1. The summed E-state index contributed by atoms with van der Waals surface area (Å²) in [5, 5.41) is 10.0.